The maximum Gasteiger partial charge on any atom is 0.261 e. The summed E-state index contributed by atoms with van der Waals surface area (Å²) in [5, 5.41) is 0. The Kier molecular flexibility index (Phi) is 2.94. The van der Waals surface area contributed by atoms with Crippen LogP contribution in [0.15, 0.2) is 23.1 Å². The van der Waals surface area contributed by atoms with E-state index in [9.17, 15) is 13.2 Å². The van der Waals surface area contributed by atoms with Gasteiger partial charge >= 0.3 is 0 Å². The molecule has 1 amide bonds. The standard InChI is InChI=1S/C12H14ClNO3S/c1-8(15)14-7-12(2,3)10-6-9(18(13,16)17)4-5-11(10)14/h4-6H,7H2,1-3H3. The van der Waals surface area contributed by atoms with E-state index in [0.717, 1.165) is 11.3 Å². The van der Waals surface area contributed by atoms with E-state index >= 15 is 0 Å². The predicted molar refractivity (Wildman–Crippen MR) is 70.5 cm³/mol. The van der Waals surface area contributed by atoms with Crippen molar-refractivity contribution in [3.05, 3.63) is 23.8 Å². The van der Waals surface area contributed by atoms with Crippen LogP contribution in [0.2, 0.25) is 0 Å². The fourth-order valence-electron chi connectivity index (χ4n) is 2.29. The Bertz CT molecular complexity index is 622. The van der Waals surface area contributed by atoms with Crippen molar-refractivity contribution in [2.24, 2.45) is 0 Å². The summed E-state index contributed by atoms with van der Waals surface area (Å²) in [6.07, 6.45) is 0. The largest absolute Gasteiger partial charge is 0.311 e. The van der Waals surface area contributed by atoms with E-state index in [2.05, 4.69) is 0 Å². The van der Waals surface area contributed by atoms with Crippen LogP contribution in [0, 0.1) is 0 Å². The summed E-state index contributed by atoms with van der Waals surface area (Å²) in [6.45, 7) is 5.99. The maximum atomic E-state index is 11.6. The van der Waals surface area contributed by atoms with Crippen LogP contribution in [-0.2, 0) is 19.3 Å². The monoisotopic (exact) mass is 287 g/mol. The summed E-state index contributed by atoms with van der Waals surface area (Å²) in [7, 11) is 1.60. The zero-order chi connectivity index (χ0) is 13.7. The van der Waals surface area contributed by atoms with Crippen molar-refractivity contribution < 1.29 is 13.2 Å². The first-order chi connectivity index (χ1) is 8.13. The van der Waals surface area contributed by atoms with Gasteiger partial charge < -0.3 is 4.90 Å². The summed E-state index contributed by atoms with van der Waals surface area (Å²) >= 11 is 0. The molecule has 6 heteroatoms. The van der Waals surface area contributed by atoms with Crippen molar-refractivity contribution in [1.82, 2.24) is 0 Å². The molecule has 1 heterocycles. The Morgan fingerprint density at radius 1 is 1.39 bits per heavy atom. The molecule has 98 valence electrons. The van der Waals surface area contributed by atoms with Gasteiger partial charge in [0.2, 0.25) is 5.91 Å². The van der Waals surface area contributed by atoms with Crippen LogP contribution in [0.3, 0.4) is 0 Å². The van der Waals surface area contributed by atoms with E-state index in [4.69, 9.17) is 10.7 Å². The highest BCUT2D eigenvalue weighted by molar-refractivity contribution is 8.13. The summed E-state index contributed by atoms with van der Waals surface area (Å²) < 4.78 is 22.7. The maximum absolute atomic E-state index is 11.6. The summed E-state index contributed by atoms with van der Waals surface area (Å²) in [4.78, 5) is 13.3. The lowest BCUT2D eigenvalue weighted by Crippen LogP contribution is -2.31. The summed E-state index contributed by atoms with van der Waals surface area (Å²) in [5.41, 5.74) is 1.31. The highest BCUT2D eigenvalue weighted by Gasteiger charge is 2.37. The fourth-order valence-corrected chi connectivity index (χ4v) is 3.07. The predicted octanol–water partition coefficient (Wildman–Crippen LogP) is 2.26. The van der Waals surface area contributed by atoms with Crippen LogP contribution >= 0.6 is 10.7 Å². The lowest BCUT2D eigenvalue weighted by atomic mass is 9.87. The minimum absolute atomic E-state index is 0.0525. The van der Waals surface area contributed by atoms with Crippen molar-refractivity contribution in [2.75, 3.05) is 11.4 Å². The van der Waals surface area contributed by atoms with Crippen molar-refractivity contribution in [3.8, 4) is 0 Å². The van der Waals surface area contributed by atoms with Crippen LogP contribution < -0.4 is 4.90 Å². The molecule has 0 N–H and O–H groups in total. The molecule has 0 aromatic heterocycles. The van der Waals surface area contributed by atoms with Crippen molar-refractivity contribution >= 4 is 31.3 Å². The van der Waals surface area contributed by atoms with Crippen LogP contribution in [0.25, 0.3) is 0 Å². The Morgan fingerprint density at radius 2 is 2.00 bits per heavy atom. The molecule has 4 nitrogen and oxygen atoms in total. The van der Waals surface area contributed by atoms with Crippen LogP contribution in [0.4, 0.5) is 5.69 Å². The molecule has 1 aliphatic rings. The average molecular weight is 288 g/mol. The molecule has 0 aliphatic carbocycles. The molecule has 1 aromatic rings. The number of nitrogens with zero attached hydrogens (tertiary/aromatic N) is 1. The number of halogens is 1. The second-order valence-corrected chi connectivity index (χ2v) is 7.67. The molecule has 18 heavy (non-hydrogen) atoms. The van der Waals surface area contributed by atoms with Gasteiger partial charge in [0.05, 0.1) is 4.90 Å². The first kappa shape index (κ1) is 13.4. The number of anilines is 1. The van der Waals surface area contributed by atoms with Gasteiger partial charge in [0.15, 0.2) is 0 Å². The third-order valence-corrected chi connectivity index (χ3v) is 4.55. The van der Waals surface area contributed by atoms with Gasteiger partial charge in [-0.2, -0.15) is 0 Å². The SMILES string of the molecule is CC(=O)N1CC(C)(C)c2cc(S(=O)(=O)Cl)ccc21. The average Bonchev–Trinajstić information content (AvgIpc) is 2.50. The number of fused-ring (bicyclic) bond motifs is 1. The van der Waals surface area contributed by atoms with Crippen molar-refractivity contribution in [1.29, 1.82) is 0 Å². The lowest BCUT2D eigenvalue weighted by Gasteiger charge is -2.19. The van der Waals surface area contributed by atoms with Gasteiger partial charge in [-0.25, -0.2) is 8.42 Å². The van der Waals surface area contributed by atoms with Gasteiger partial charge in [-0.1, -0.05) is 13.8 Å². The third-order valence-electron chi connectivity index (χ3n) is 3.20. The lowest BCUT2D eigenvalue weighted by molar-refractivity contribution is -0.116. The Morgan fingerprint density at radius 3 is 2.50 bits per heavy atom. The van der Waals surface area contributed by atoms with Crippen LogP contribution in [-0.4, -0.2) is 20.9 Å². The molecule has 2 rings (SSSR count). The second kappa shape index (κ2) is 3.96. The van der Waals surface area contributed by atoms with Crippen molar-refractivity contribution in [2.45, 2.75) is 31.1 Å². The number of benzene rings is 1. The van der Waals surface area contributed by atoms with Gasteiger partial charge in [0.1, 0.15) is 0 Å². The Balaban J connectivity index is 2.64. The molecule has 0 fully saturated rings. The number of rotatable bonds is 1. The number of carbonyl (C=O) groups is 1. The number of amides is 1. The van der Waals surface area contributed by atoms with Gasteiger partial charge in [-0.05, 0) is 23.8 Å². The smallest absolute Gasteiger partial charge is 0.261 e. The first-order valence-corrected chi connectivity index (χ1v) is 7.81. The van der Waals surface area contributed by atoms with Gasteiger partial charge in [0.25, 0.3) is 9.05 Å². The number of carbonyl (C=O) groups excluding carboxylic acids is 1. The molecular weight excluding hydrogens is 274 g/mol. The fraction of sp³-hybridized carbons (Fsp3) is 0.417. The zero-order valence-corrected chi connectivity index (χ0v) is 12.0. The molecule has 0 saturated heterocycles. The van der Waals surface area contributed by atoms with Gasteiger partial charge in [-0.15, -0.1) is 0 Å². The second-order valence-electron chi connectivity index (χ2n) is 5.11. The Labute approximate surface area is 111 Å². The highest BCUT2D eigenvalue weighted by atomic mass is 35.7. The molecule has 1 aliphatic heterocycles. The third kappa shape index (κ3) is 2.12. The summed E-state index contributed by atoms with van der Waals surface area (Å²) in [5.74, 6) is -0.0525. The van der Waals surface area contributed by atoms with Gasteiger partial charge in [-0.3, -0.25) is 4.79 Å². The van der Waals surface area contributed by atoms with E-state index < -0.39 is 9.05 Å². The molecule has 0 bridgehead atoms. The quantitative estimate of drug-likeness (QED) is 0.745. The highest BCUT2D eigenvalue weighted by Crippen LogP contribution is 2.41. The van der Waals surface area contributed by atoms with E-state index in [1.165, 1.54) is 13.0 Å². The molecule has 0 spiro atoms. The topological polar surface area (TPSA) is 54.5 Å². The minimum atomic E-state index is -3.74. The van der Waals surface area contributed by atoms with Crippen LogP contribution in [0.1, 0.15) is 26.3 Å². The number of hydrogen-bond acceptors (Lipinski definition) is 3. The van der Waals surface area contributed by atoms with Gasteiger partial charge in [0, 0.05) is 35.3 Å². The first-order valence-electron chi connectivity index (χ1n) is 5.50. The van der Waals surface area contributed by atoms with E-state index in [1.54, 1.807) is 17.0 Å². The molecule has 0 unspecified atom stereocenters. The van der Waals surface area contributed by atoms with E-state index in [0.29, 0.717) is 6.54 Å². The van der Waals surface area contributed by atoms with Crippen LogP contribution in [0.5, 0.6) is 0 Å². The zero-order valence-electron chi connectivity index (χ0n) is 10.4. The normalized spacial score (nSPS) is 17.7. The van der Waals surface area contributed by atoms with Crippen molar-refractivity contribution in [3.63, 3.8) is 0 Å². The molecule has 0 saturated carbocycles. The molecule has 0 radical (unpaired) electrons. The Hall–Kier alpha value is -1.07. The van der Waals surface area contributed by atoms with E-state index in [-0.39, 0.29) is 16.2 Å². The molecular formula is C12H14ClNO3S. The summed E-state index contributed by atoms with van der Waals surface area (Å²) in [6, 6.07) is 4.62. The number of hydrogen-bond donors (Lipinski definition) is 0. The van der Waals surface area contributed by atoms with E-state index in [1.807, 2.05) is 13.8 Å². The molecule has 1 aromatic carbocycles. The molecule has 0 atom stereocenters. The minimum Gasteiger partial charge on any atom is -0.311 e.